The highest BCUT2D eigenvalue weighted by Gasteiger charge is 2.42. The second-order valence-corrected chi connectivity index (χ2v) is 9.28. The number of hydrogen-bond acceptors (Lipinski definition) is 8. The van der Waals surface area contributed by atoms with Crippen LogP contribution in [-0.4, -0.2) is 63.7 Å². The first-order valence-electron chi connectivity index (χ1n) is 11.6. The molecule has 6 rings (SSSR count). The monoisotopic (exact) mass is 467 g/mol. The number of rotatable bonds is 5. The summed E-state index contributed by atoms with van der Waals surface area (Å²) in [4.78, 5) is 14.5. The number of halogens is 1. The first-order chi connectivity index (χ1) is 16.5. The van der Waals surface area contributed by atoms with Crippen LogP contribution in [0, 0.1) is 5.82 Å². The zero-order valence-corrected chi connectivity index (χ0v) is 18.7. The summed E-state index contributed by atoms with van der Waals surface area (Å²) < 4.78 is 27.3. The number of likely N-dealkylation sites (tertiary alicyclic amines) is 1. The molecule has 0 amide bonds. The van der Waals surface area contributed by atoms with E-state index >= 15 is 0 Å². The fraction of sp³-hybridized carbons (Fsp3) is 0.458. The van der Waals surface area contributed by atoms with Gasteiger partial charge in [0, 0.05) is 36.8 Å². The summed E-state index contributed by atoms with van der Waals surface area (Å²) >= 11 is 0. The van der Waals surface area contributed by atoms with E-state index in [1.54, 1.807) is 12.1 Å². The van der Waals surface area contributed by atoms with Crippen LogP contribution in [0.1, 0.15) is 24.1 Å². The van der Waals surface area contributed by atoms with Gasteiger partial charge >= 0.3 is 0 Å². The number of fused-ring (bicyclic) bond motifs is 1. The molecule has 1 aromatic carbocycles. The first kappa shape index (κ1) is 21.5. The molecule has 0 aliphatic carbocycles. The lowest BCUT2D eigenvalue weighted by Gasteiger charge is -2.37. The largest absolute Gasteiger partial charge is 0.484 e. The summed E-state index contributed by atoms with van der Waals surface area (Å²) in [6.45, 7) is 3.44. The average Bonchev–Trinajstić information content (AvgIpc) is 3.17. The zero-order valence-electron chi connectivity index (χ0n) is 18.7. The van der Waals surface area contributed by atoms with E-state index < -0.39 is 11.4 Å². The van der Waals surface area contributed by atoms with Crippen LogP contribution in [0.15, 0.2) is 35.1 Å². The van der Waals surface area contributed by atoms with Gasteiger partial charge in [0.1, 0.15) is 24.6 Å². The number of ether oxygens (including phenoxy) is 2. The van der Waals surface area contributed by atoms with Crippen molar-refractivity contribution >= 4 is 10.9 Å². The number of aliphatic hydroxyl groups is 1. The molecular formula is C24H26FN5O4. The SMILES string of the molecule is O=c1ccc2ccc(F)c3c2n1CC3(O)CN1CCC(NCc2cc3c(nn2)OCCO3)CC1. The molecule has 1 saturated heterocycles. The van der Waals surface area contributed by atoms with Crippen molar-refractivity contribution in [2.75, 3.05) is 32.8 Å². The van der Waals surface area contributed by atoms with Crippen LogP contribution in [0.3, 0.4) is 0 Å². The summed E-state index contributed by atoms with van der Waals surface area (Å²) in [7, 11) is 0. The molecule has 0 bridgehead atoms. The Kier molecular flexibility index (Phi) is 5.23. The Labute approximate surface area is 195 Å². The third-order valence-electron chi connectivity index (χ3n) is 6.99. The van der Waals surface area contributed by atoms with Gasteiger partial charge in [0.15, 0.2) is 5.75 Å². The molecule has 34 heavy (non-hydrogen) atoms. The predicted octanol–water partition coefficient (Wildman–Crippen LogP) is 1.16. The van der Waals surface area contributed by atoms with Gasteiger partial charge in [0.25, 0.3) is 11.4 Å². The quantitative estimate of drug-likeness (QED) is 0.577. The minimum absolute atomic E-state index is 0.0698. The summed E-state index contributed by atoms with van der Waals surface area (Å²) in [6, 6.07) is 8.34. The van der Waals surface area contributed by atoms with Gasteiger partial charge in [-0.1, -0.05) is 0 Å². The second kappa shape index (κ2) is 8.30. The van der Waals surface area contributed by atoms with E-state index in [0.29, 0.717) is 42.9 Å². The Morgan fingerprint density at radius 2 is 1.94 bits per heavy atom. The maximum absolute atomic E-state index is 14.8. The van der Waals surface area contributed by atoms with Crippen molar-refractivity contribution in [2.45, 2.75) is 37.6 Å². The van der Waals surface area contributed by atoms with Crippen molar-refractivity contribution in [3.63, 3.8) is 0 Å². The summed E-state index contributed by atoms with van der Waals surface area (Å²) in [5, 5.41) is 24.1. The Hall–Kier alpha value is -3.08. The Balaban J connectivity index is 1.09. The van der Waals surface area contributed by atoms with Crippen LogP contribution in [0.4, 0.5) is 4.39 Å². The van der Waals surface area contributed by atoms with Crippen molar-refractivity contribution in [3.8, 4) is 11.6 Å². The van der Waals surface area contributed by atoms with Gasteiger partial charge in [-0.25, -0.2) is 4.39 Å². The number of aromatic nitrogens is 3. The number of nitrogens with one attached hydrogen (secondary N) is 1. The summed E-state index contributed by atoms with van der Waals surface area (Å²) in [5.74, 6) is 0.591. The van der Waals surface area contributed by atoms with Gasteiger partial charge in [0.05, 0.1) is 17.8 Å². The highest BCUT2D eigenvalue weighted by molar-refractivity contribution is 5.84. The fourth-order valence-electron chi connectivity index (χ4n) is 5.33. The molecule has 1 unspecified atom stereocenters. The number of β-amino-alcohol motifs (C(OH)–C–C–N with tert-alkyl or cyclic N) is 1. The zero-order chi connectivity index (χ0) is 23.3. The molecule has 5 heterocycles. The van der Waals surface area contributed by atoms with E-state index in [0.717, 1.165) is 37.0 Å². The molecule has 0 spiro atoms. The van der Waals surface area contributed by atoms with E-state index in [4.69, 9.17) is 9.47 Å². The summed E-state index contributed by atoms with van der Waals surface area (Å²) in [6.07, 6.45) is 1.77. The highest BCUT2D eigenvalue weighted by atomic mass is 19.1. The molecule has 2 N–H and O–H groups in total. The van der Waals surface area contributed by atoms with Gasteiger partial charge in [0.2, 0.25) is 0 Å². The van der Waals surface area contributed by atoms with Crippen LogP contribution >= 0.6 is 0 Å². The highest BCUT2D eigenvalue weighted by Crippen LogP contribution is 2.38. The van der Waals surface area contributed by atoms with Gasteiger partial charge in [-0.2, -0.15) is 5.10 Å². The second-order valence-electron chi connectivity index (χ2n) is 9.28. The molecule has 0 saturated carbocycles. The van der Waals surface area contributed by atoms with Crippen molar-refractivity contribution in [1.29, 1.82) is 0 Å². The van der Waals surface area contributed by atoms with Gasteiger partial charge < -0.3 is 24.5 Å². The molecule has 2 aromatic heterocycles. The average molecular weight is 468 g/mol. The van der Waals surface area contributed by atoms with E-state index in [-0.39, 0.29) is 24.2 Å². The molecule has 1 fully saturated rings. The van der Waals surface area contributed by atoms with Crippen LogP contribution in [0.2, 0.25) is 0 Å². The van der Waals surface area contributed by atoms with E-state index in [2.05, 4.69) is 20.4 Å². The third kappa shape index (κ3) is 3.71. The number of pyridine rings is 1. The van der Waals surface area contributed by atoms with Crippen LogP contribution < -0.4 is 20.3 Å². The molecule has 3 aromatic rings. The fourth-order valence-corrected chi connectivity index (χ4v) is 5.33. The van der Waals surface area contributed by atoms with Gasteiger partial charge in [-0.05, 0) is 49.5 Å². The van der Waals surface area contributed by atoms with Crippen LogP contribution in [0.5, 0.6) is 11.6 Å². The topological polar surface area (TPSA) is 102 Å². The Bertz CT molecular complexity index is 1310. The molecule has 3 aliphatic heterocycles. The predicted molar refractivity (Wildman–Crippen MR) is 121 cm³/mol. The minimum atomic E-state index is -1.43. The van der Waals surface area contributed by atoms with Crippen LogP contribution in [0.25, 0.3) is 10.9 Å². The lowest BCUT2D eigenvalue weighted by atomic mass is 9.92. The lowest BCUT2D eigenvalue weighted by Crippen LogP contribution is -2.48. The van der Waals surface area contributed by atoms with E-state index in [9.17, 15) is 14.3 Å². The smallest absolute Gasteiger partial charge is 0.276 e. The lowest BCUT2D eigenvalue weighted by molar-refractivity contribution is -0.0159. The molecular weight excluding hydrogens is 441 g/mol. The maximum atomic E-state index is 14.8. The number of nitrogens with zero attached hydrogens (tertiary/aromatic N) is 4. The molecule has 1 atom stereocenters. The van der Waals surface area contributed by atoms with Gasteiger partial charge in [-0.15, -0.1) is 5.10 Å². The Morgan fingerprint density at radius 1 is 1.15 bits per heavy atom. The molecule has 10 heteroatoms. The van der Waals surface area contributed by atoms with Gasteiger partial charge in [-0.3, -0.25) is 9.69 Å². The molecule has 178 valence electrons. The number of benzene rings is 1. The van der Waals surface area contributed by atoms with Crippen molar-refractivity contribution in [3.05, 3.63) is 57.8 Å². The first-order valence-corrected chi connectivity index (χ1v) is 11.6. The van der Waals surface area contributed by atoms with E-state index in [1.165, 1.54) is 16.7 Å². The standard InChI is InChI=1S/C24H26FN5O4/c25-18-3-1-15-2-4-20(31)30-14-24(32,21(18)22(15)30)13-29-7-5-16(6-8-29)26-12-17-11-19-23(28-27-17)34-10-9-33-19/h1-4,11,16,26,32H,5-10,12-14H2. The summed E-state index contributed by atoms with van der Waals surface area (Å²) in [5.41, 5.74) is -0.121. The minimum Gasteiger partial charge on any atom is -0.484 e. The number of hydrogen-bond donors (Lipinski definition) is 2. The maximum Gasteiger partial charge on any atom is 0.276 e. The van der Waals surface area contributed by atoms with Crippen molar-refractivity contribution in [2.24, 2.45) is 0 Å². The molecule has 9 nitrogen and oxygen atoms in total. The molecule has 3 aliphatic rings. The normalized spacial score (nSPS) is 22.4. The number of piperidine rings is 1. The van der Waals surface area contributed by atoms with E-state index in [1.807, 2.05) is 6.07 Å². The van der Waals surface area contributed by atoms with Crippen molar-refractivity contribution < 1.29 is 19.0 Å². The molecule has 0 radical (unpaired) electrons. The van der Waals surface area contributed by atoms with Crippen molar-refractivity contribution in [1.82, 2.24) is 25.0 Å². The Morgan fingerprint density at radius 3 is 2.79 bits per heavy atom. The third-order valence-corrected chi connectivity index (χ3v) is 6.99. The van der Waals surface area contributed by atoms with Crippen LogP contribution in [-0.2, 0) is 18.7 Å².